The van der Waals surface area contributed by atoms with Gasteiger partial charge in [0.25, 0.3) is 0 Å². The van der Waals surface area contributed by atoms with Crippen molar-refractivity contribution in [2.75, 3.05) is 0 Å². The van der Waals surface area contributed by atoms with E-state index in [0.29, 0.717) is 5.82 Å². The lowest BCUT2D eigenvalue weighted by Crippen LogP contribution is -2.16. The average molecular weight is 1750 g/mol. The molecule has 13 heteroatoms. The first-order valence-electron chi connectivity index (χ1n) is 44.2. The molecule has 1 aliphatic rings. The normalized spacial score (nSPS) is 11.7. The molecule has 0 saturated heterocycles. The highest BCUT2D eigenvalue weighted by atomic mass is 32.1. The summed E-state index contributed by atoms with van der Waals surface area (Å²) >= 11 is 3.32. The van der Waals surface area contributed by atoms with E-state index in [0.717, 1.165) is 162 Å². The molecule has 1 N–H and O–H groups in total. The van der Waals surface area contributed by atoms with Crippen molar-refractivity contribution in [2.45, 2.75) is 19.3 Å². The Morgan fingerprint density at radius 2 is 0.669 bits per heavy atom. The first-order valence-corrected chi connectivity index (χ1v) is 46.0. The van der Waals surface area contributed by atoms with Gasteiger partial charge in [0.1, 0.15) is 11.5 Å². The smallest absolute Gasteiger partial charge is 0.178 e. The third-order valence-corrected chi connectivity index (χ3v) is 26.2. The number of H-pyrrole nitrogens is 1. The molecule has 0 bridgehead atoms. The van der Waals surface area contributed by atoms with Crippen LogP contribution in [0.1, 0.15) is 36.4 Å². The molecule has 8 heterocycles. The Kier molecular flexibility index (Phi) is 23.1. The molecule has 133 heavy (non-hydrogen) atoms. The van der Waals surface area contributed by atoms with Crippen molar-refractivity contribution in [2.24, 2.45) is 0 Å². The summed E-state index contributed by atoms with van der Waals surface area (Å²) in [4.78, 5) is 48.9. The van der Waals surface area contributed by atoms with Crippen LogP contribution in [0.4, 0.5) is 0 Å². The van der Waals surface area contributed by atoms with Crippen LogP contribution in [0.15, 0.2) is 449 Å². The Morgan fingerprint density at radius 1 is 0.308 bits per heavy atom. The predicted molar refractivity (Wildman–Crippen MR) is 551 cm³/mol. The number of pyridine rings is 1. The number of benzene rings is 14. The van der Waals surface area contributed by atoms with Crippen molar-refractivity contribution in [1.29, 1.82) is 0 Å². The second-order valence-corrected chi connectivity index (χ2v) is 34.9. The van der Waals surface area contributed by atoms with Crippen LogP contribution in [0.25, 0.3) is 218 Å². The van der Waals surface area contributed by atoms with E-state index in [1.54, 1.807) is 41.3 Å². The number of aromatic amines is 1. The van der Waals surface area contributed by atoms with Crippen LogP contribution < -0.4 is 0 Å². The fraction of sp³-hybridized carbons (Fsp3) is 0.0250. The van der Waals surface area contributed by atoms with Crippen LogP contribution in [-0.2, 0) is 5.41 Å². The van der Waals surface area contributed by atoms with E-state index < -0.39 is 0 Å². The third-order valence-electron chi connectivity index (χ3n) is 24.5. The number of aromatic nitrogens is 11. The van der Waals surface area contributed by atoms with E-state index in [4.69, 9.17) is 34.9 Å². The zero-order valence-electron chi connectivity index (χ0n) is 72.9. The van der Waals surface area contributed by atoms with Gasteiger partial charge in [-0.25, -0.2) is 39.9 Å². The quantitative estimate of drug-likeness (QED) is 0.0839. The highest BCUT2D eigenvalue weighted by Gasteiger charge is 2.37. The first-order chi connectivity index (χ1) is 65.6. The van der Waals surface area contributed by atoms with Gasteiger partial charge in [-0.1, -0.05) is 385 Å². The molecule has 0 aliphatic heterocycles. The van der Waals surface area contributed by atoms with Crippen molar-refractivity contribution in [1.82, 2.24) is 54.4 Å². The number of rotatable bonds is 19. The van der Waals surface area contributed by atoms with E-state index in [9.17, 15) is 0 Å². The average Bonchev–Trinajstić information content (AvgIpc) is 1.57. The van der Waals surface area contributed by atoms with Crippen molar-refractivity contribution >= 4 is 45.7 Å². The monoisotopic (exact) mass is 1740 g/mol. The fourth-order valence-electron chi connectivity index (χ4n) is 17.7. The van der Waals surface area contributed by atoms with Crippen molar-refractivity contribution in [3.05, 3.63) is 472 Å². The molecule has 23 rings (SSSR count). The summed E-state index contributed by atoms with van der Waals surface area (Å²) in [7, 11) is 0. The second-order valence-electron chi connectivity index (χ2n) is 33.0. The van der Waals surface area contributed by atoms with Gasteiger partial charge in [0.15, 0.2) is 17.5 Å². The van der Waals surface area contributed by atoms with Crippen molar-refractivity contribution in [3.63, 3.8) is 0 Å². The van der Waals surface area contributed by atoms with Crippen molar-refractivity contribution in [3.8, 4) is 195 Å². The first kappa shape index (κ1) is 83.0. The van der Waals surface area contributed by atoms with Crippen LogP contribution in [0, 0.1) is 0 Å². The van der Waals surface area contributed by atoms with Crippen LogP contribution >= 0.6 is 22.7 Å². The molecule has 0 spiro atoms. The minimum Gasteiger partial charge on any atom is -0.342 e. The molecular formula is C120H85N11S2. The largest absolute Gasteiger partial charge is 0.342 e. The van der Waals surface area contributed by atoms with E-state index in [-0.39, 0.29) is 5.41 Å². The Bertz CT molecular complexity index is 7880. The number of nitrogens with zero attached hydrogens (tertiary/aromatic N) is 10. The lowest BCUT2D eigenvalue weighted by Gasteiger charge is -2.24. The molecule has 0 radical (unpaired) electrons. The number of nitrogens with one attached hydrogen (secondary N) is 1. The fourth-order valence-corrected chi connectivity index (χ4v) is 19.0. The molecule has 0 amide bonds. The molecule has 632 valence electrons. The summed E-state index contributed by atoms with van der Waals surface area (Å²) in [5, 5.41) is 5.28. The van der Waals surface area contributed by atoms with Gasteiger partial charge < -0.3 is 4.98 Å². The number of para-hydroxylation sites is 2. The lowest BCUT2D eigenvalue weighted by atomic mass is 9.79. The van der Waals surface area contributed by atoms with Crippen LogP contribution in [0.3, 0.4) is 0 Å². The summed E-state index contributed by atoms with van der Waals surface area (Å²) < 4.78 is 2.12. The van der Waals surface area contributed by atoms with E-state index in [2.05, 4.69) is 409 Å². The Labute approximate surface area is 780 Å². The lowest BCUT2D eigenvalue weighted by molar-refractivity contribution is 0.662. The van der Waals surface area contributed by atoms with Crippen LogP contribution in [0.2, 0.25) is 0 Å². The van der Waals surface area contributed by atoms with Gasteiger partial charge in [0.2, 0.25) is 0 Å². The highest BCUT2D eigenvalue weighted by Crippen LogP contribution is 2.52. The number of imidazole rings is 2. The molecule has 22 aromatic rings. The minimum absolute atomic E-state index is 0.0611. The summed E-state index contributed by atoms with van der Waals surface area (Å²) in [5.41, 5.74) is 36.6. The van der Waals surface area contributed by atoms with Gasteiger partial charge in [0.05, 0.1) is 73.3 Å². The molecular weight excluding hydrogens is 1660 g/mol. The van der Waals surface area contributed by atoms with Crippen molar-refractivity contribution < 1.29 is 0 Å². The highest BCUT2D eigenvalue weighted by molar-refractivity contribution is 7.13. The Balaban J connectivity index is 0.000000121. The van der Waals surface area contributed by atoms with Gasteiger partial charge >= 0.3 is 0 Å². The summed E-state index contributed by atoms with van der Waals surface area (Å²) in [5.74, 6) is 2.93. The van der Waals surface area contributed by atoms with E-state index >= 15 is 0 Å². The summed E-state index contributed by atoms with van der Waals surface area (Å²) in [6.07, 6.45) is 8.84. The maximum absolute atomic E-state index is 5.05. The van der Waals surface area contributed by atoms with Crippen LogP contribution in [-0.4, -0.2) is 54.4 Å². The molecule has 0 unspecified atom stereocenters. The number of hydrogen-bond donors (Lipinski definition) is 1. The molecule has 1 aliphatic carbocycles. The SMILES string of the molecule is C=Cc1nc(-c2ccc(-c3ccc(-c4cc(-c5ccc(-c6ccccc6)cc5)nc(-c5cnc[nH]5)n4)cc3)cc2)n(-c2ccccc2)c1C=C.CC1(C)c2ccccc2-c2cccc(-c3ccc(-c4cc(-c5ccc(-c6ccccc6)cc5)nc(-c5cccs5)n4)cc3)c21.c1ccc(-c2ccc(-c3cc(-c4ccc(-c5cccc6cccnc56)cc4)nc(-c4cccs4)n3)cc2)cc1. The molecule has 0 fully saturated rings. The van der Waals surface area contributed by atoms with Gasteiger partial charge in [-0.2, -0.15) is 0 Å². The van der Waals surface area contributed by atoms with Gasteiger partial charge in [-0.05, 0) is 155 Å². The maximum atomic E-state index is 5.05. The molecule has 11 nitrogen and oxygen atoms in total. The van der Waals surface area contributed by atoms with Crippen LogP contribution in [0.5, 0.6) is 0 Å². The standard InChI is InChI=1S/C44H32N6.C41H30N2S.C35H23N3S/c1-3-38-42(4-2)50(37-13-9-6-10-14-37)44(49-38)36-25-19-33(20-26-36)32-17-23-35(24-18-32)40-27-39(47-43(48-40)41-28-45-29-46-41)34-21-15-31(16-22-34)30-11-7-5-8-12-30;1-41(2)35-15-7-6-12-33(35)34-14-8-13-32(39(34)41)29-19-23-31(24-20-29)37-26-36(42-40(43-37)38-16-9-25-44-38)30-21-17-28(18-22-30)27-10-4-3-5-11-27;1-2-7-24(8-3-1)25-13-17-27(18-14-25)31-23-32(38-35(37-31)33-12-6-22-39-33)28-19-15-26(16-20-28)30-11-4-9-29-10-5-21-36-34(29)30/h3-29H,1-2H2,(H,45,46);3-26H,1-2H3;1-23H. The molecule has 0 saturated carbocycles. The van der Waals surface area contributed by atoms with Gasteiger partial charge in [-0.3, -0.25) is 9.55 Å². The number of hydrogen-bond acceptors (Lipinski definition) is 11. The summed E-state index contributed by atoms with van der Waals surface area (Å²) in [6.45, 7) is 12.7. The zero-order chi connectivity index (χ0) is 89.6. The van der Waals surface area contributed by atoms with E-state index in [1.165, 1.54) is 61.2 Å². The third kappa shape index (κ3) is 17.2. The topological polar surface area (TPSA) is 137 Å². The Morgan fingerprint density at radius 3 is 1.09 bits per heavy atom. The number of fused-ring (bicyclic) bond motifs is 4. The van der Waals surface area contributed by atoms with E-state index in [1.807, 2.05) is 66.9 Å². The van der Waals surface area contributed by atoms with Gasteiger partial charge in [0, 0.05) is 67.2 Å². The minimum atomic E-state index is -0.0611. The summed E-state index contributed by atoms with van der Waals surface area (Å²) in [6, 6.07) is 142. The zero-order valence-corrected chi connectivity index (χ0v) is 74.6. The number of thiophene rings is 2. The molecule has 0 atom stereocenters. The molecule has 8 aromatic heterocycles. The molecule has 14 aromatic carbocycles. The Hall–Kier alpha value is -17.0. The predicted octanol–water partition coefficient (Wildman–Crippen LogP) is 31.3. The maximum Gasteiger partial charge on any atom is 0.178 e. The second kappa shape index (κ2) is 37.0. The van der Waals surface area contributed by atoms with Gasteiger partial charge in [-0.15, -0.1) is 22.7 Å².